The summed E-state index contributed by atoms with van der Waals surface area (Å²) in [5.74, 6) is 0. The van der Waals surface area contributed by atoms with E-state index in [0.717, 1.165) is 6.54 Å². The van der Waals surface area contributed by atoms with Crippen molar-refractivity contribution in [2.45, 2.75) is 33.4 Å². The van der Waals surface area contributed by atoms with E-state index in [4.69, 9.17) is 5.11 Å². The largest absolute Gasteiger partial charge is 0.392 e. The molecule has 3 nitrogen and oxygen atoms in total. The van der Waals surface area contributed by atoms with Crippen LogP contribution in [0.1, 0.15) is 23.9 Å². The molecule has 1 aromatic heterocycles. The number of nitrogens with zero attached hydrogens (tertiary/aromatic N) is 1. The molecule has 1 atom stereocenters. The highest BCUT2D eigenvalue weighted by Crippen LogP contribution is 2.12. The molecule has 0 aromatic carbocycles. The zero-order valence-corrected chi connectivity index (χ0v) is 9.46. The minimum atomic E-state index is -0.278. The van der Waals surface area contributed by atoms with E-state index in [-0.39, 0.29) is 6.10 Å². The van der Waals surface area contributed by atoms with Gasteiger partial charge in [-0.15, -0.1) is 0 Å². The Hall–Kier alpha value is -0.800. The summed E-state index contributed by atoms with van der Waals surface area (Å²) in [6.45, 7) is 7.49. The number of aromatic nitrogens is 1. The van der Waals surface area contributed by atoms with Gasteiger partial charge in [-0.1, -0.05) is 0 Å². The van der Waals surface area contributed by atoms with Gasteiger partial charge >= 0.3 is 0 Å². The molecule has 80 valence electrons. The quantitative estimate of drug-likeness (QED) is 0.757. The Morgan fingerprint density at radius 2 is 2.14 bits per heavy atom. The van der Waals surface area contributed by atoms with E-state index in [1.165, 1.54) is 17.0 Å². The van der Waals surface area contributed by atoms with Crippen LogP contribution in [0.15, 0.2) is 6.07 Å². The van der Waals surface area contributed by atoms with Gasteiger partial charge < -0.3 is 15.0 Å². The van der Waals surface area contributed by atoms with Crippen LogP contribution in [0.4, 0.5) is 0 Å². The van der Waals surface area contributed by atoms with Crippen LogP contribution in [0.3, 0.4) is 0 Å². The Labute approximate surface area is 85.7 Å². The fourth-order valence-corrected chi connectivity index (χ4v) is 1.53. The molecule has 1 aromatic rings. The van der Waals surface area contributed by atoms with Crippen molar-refractivity contribution in [2.75, 3.05) is 6.54 Å². The van der Waals surface area contributed by atoms with E-state index >= 15 is 0 Å². The summed E-state index contributed by atoms with van der Waals surface area (Å²) in [5, 5.41) is 12.3. The lowest BCUT2D eigenvalue weighted by atomic mass is 10.2. The summed E-state index contributed by atoms with van der Waals surface area (Å²) >= 11 is 0. The van der Waals surface area contributed by atoms with Crippen LogP contribution in [0, 0.1) is 13.8 Å². The standard InChI is InChI=1S/C11H20N2O/c1-8-5-11(10(3)13(8)4)7-12-6-9(2)14/h5,9,12,14H,6-7H2,1-4H3. The van der Waals surface area contributed by atoms with Gasteiger partial charge in [0.05, 0.1) is 6.10 Å². The van der Waals surface area contributed by atoms with E-state index in [1.807, 2.05) is 0 Å². The molecule has 0 saturated heterocycles. The minimum absolute atomic E-state index is 0.278. The Bertz CT molecular complexity index is 302. The summed E-state index contributed by atoms with van der Waals surface area (Å²) in [5.41, 5.74) is 3.88. The molecule has 0 aliphatic heterocycles. The normalized spacial score (nSPS) is 13.2. The second-order valence-electron chi connectivity index (χ2n) is 3.94. The molecule has 0 saturated carbocycles. The van der Waals surface area contributed by atoms with Gasteiger partial charge in [-0.05, 0) is 32.4 Å². The monoisotopic (exact) mass is 196 g/mol. The number of hydrogen-bond donors (Lipinski definition) is 2. The third-order valence-corrected chi connectivity index (χ3v) is 2.64. The minimum Gasteiger partial charge on any atom is -0.392 e. The van der Waals surface area contributed by atoms with Crippen molar-refractivity contribution in [2.24, 2.45) is 7.05 Å². The second-order valence-corrected chi connectivity index (χ2v) is 3.94. The number of aliphatic hydroxyl groups excluding tert-OH is 1. The number of hydrogen-bond acceptors (Lipinski definition) is 2. The third kappa shape index (κ3) is 2.59. The van der Waals surface area contributed by atoms with Gasteiger partial charge in [-0.3, -0.25) is 0 Å². The fourth-order valence-electron chi connectivity index (χ4n) is 1.53. The van der Waals surface area contributed by atoms with Crippen LogP contribution < -0.4 is 5.32 Å². The Morgan fingerprint density at radius 1 is 1.50 bits per heavy atom. The zero-order valence-electron chi connectivity index (χ0n) is 9.46. The van der Waals surface area contributed by atoms with Crippen LogP contribution in [-0.4, -0.2) is 22.3 Å². The molecule has 0 fully saturated rings. The molecule has 0 bridgehead atoms. The number of rotatable bonds is 4. The van der Waals surface area contributed by atoms with E-state index in [0.29, 0.717) is 6.54 Å². The maximum absolute atomic E-state index is 9.09. The van der Waals surface area contributed by atoms with Crippen LogP contribution >= 0.6 is 0 Å². The van der Waals surface area contributed by atoms with Crippen molar-refractivity contribution in [1.29, 1.82) is 0 Å². The van der Waals surface area contributed by atoms with Crippen LogP contribution in [-0.2, 0) is 13.6 Å². The number of nitrogens with one attached hydrogen (secondary N) is 1. The average molecular weight is 196 g/mol. The van der Waals surface area contributed by atoms with E-state index < -0.39 is 0 Å². The first kappa shape index (κ1) is 11.3. The summed E-state index contributed by atoms with van der Waals surface area (Å²) in [7, 11) is 2.07. The third-order valence-electron chi connectivity index (χ3n) is 2.64. The molecule has 3 heteroatoms. The lowest BCUT2D eigenvalue weighted by molar-refractivity contribution is 0.191. The molecule has 0 amide bonds. The Kier molecular flexibility index (Phi) is 3.72. The average Bonchev–Trinajstić information content (AvgIpc) is 2.33. The maximum Gasteiger partial charge on any atom is 0.0636 e. The highest BCUT2D eigenvalue weighted by Gasteiger charge is 2.05. The molecular formula is C11H20N2O. The van der Waals surface area contributed by atoms with Gasteiger partial charge in [-0.25, -0.2) is 0 Å². The molecule has 0 aliphatic rings. The van der Waals surface area contributed by atoms with Gasteiger partial charge in [0.1, 0.15) is 0 Å². The van der Waals surface area contributed by atoms with Crippen molar-refractivity contribution >= 4 is 0 Å². The first-order valence-corrected chi connectivity index (χ1v) is 5.03. The molecule has 1 heterocycles. The molecule has 0 aliphatic carbocycles. The van der Waals surface area contributed by atoms with Crippen molar-refractivity contribution in [3.63, 3.8) is 0 Å². The highest BCUT2D eigenvalue weighted by atomic mass is 16.3. The molecule has 1 rings (SSSR count). The van der Waals surface area contributed by atoms with E-state index in [9.17, 15) is 0 Å². The van der Waals surface area contributed by atoms with Gasteiger partial charge in [0, 0.05) is 31.5 Å². The topological polar surface area (TPSA) is 37.2 Å². The maximum atomic E-state index is 9.09. The highest BCUT2D eigenvalue weighted by molar-refractivity contribution is 5.26. The Balaban J connectivity index is 2.55. The SMILES string of the molecule is Cc1cc(CNCC(C)O)c(C)n1C. The van der Waals surface area contributed by atoms with Gasteiger partial charge in [0.2, 0.25) is 0 Å². The summed E-state index contributed by atoms with van der Waals surface area (Å²) in [6, 6.07) is 2.18. The van der Waals surface area contributed by atoms with Crippen LogP contribution in [0.2, 0.25) is 0 Å². The molecule has 0 radical (unpaired) electrons. The van der Waals surface area contributed by atoms with Gasteiger partial charge in [0.15, 0.2) is 0 Å². The lowest BCUT2D eigenvalue weighted by Gasteiger charge is -2.06. The fraction of sp³-hybridized carbons (Fsp3) is 0.636. The molecule has 14 heavy (non-hydrogen) atoms. The predicted octanol–water partition coefficient (Wildman–Crippen LogP) is 1.11. The summed E-state index contributed by atoms with van der Waals surface area (Å²) < 4.78 is 2.18. The van der Waals surface area contributed by atoms with Crippen LogP contribution in [0.5, 0.6) is 0 Å². The summed E-state index contributed by atoms with van der Waals surface area (Å²) in [4.78, 5) is 0. The van der Waals surface area contributed by atoms with Crippen molar-refractivity contribution in [3.8, 4) is 0 Å². The second kappa shape index (κ2) is 4.62. The zero-order chi connectivity index (χ0) is 10.7. The number of aliphatic hydroxyl groups is 1. The van der Waals surface area contributed by atoms with Crippen molar-refractivity contribution < 1.29 is 5.11 Å². The van der Waals surface area contributed by atoms with Crippen molar-refractivity contribution in [3.05, 3.63) is 23.0 Å². The smallest absolute Gasteiger partial charge is 0.0636 e. The van der Waals surface area contributed by atoms with Crippen LogP contribution in [0.25, 0.3) is 0 Å². The first-order chi connectivity index (χ1) is 6.52. The Morgan fingerprint density at radius 3 is 2.57 bits per heavy atom. The molecular weight excluding hydrogens is 176 g/mol. The molecule has 2 N–H and O–H groups in total. The van der Waals surface area contributed by atoms with E-state index in [1.54, 1.807) is 6.92 Å². The first-order valence-electron chi connectivity index (χ1n) is 5.03. The van der Waals surface area contributed by atoms with E-state index in [2.05, 4.69) is 36.8 Å². The van der Waals surface area contributed by atoms with Gasteiger partial charge in [0.25, 0.3) is 0 Å². The molecule has 0 spiro atoms. The molecule has 1 unspecified atom stereocenters. The summed E-state index contributed by atoms with van der Waals surface area (Å²) in [6.07, 6.45) is -0.278. The lowest BCUT2D eigenvalue weighted by Crippen LogP contribution is -2.24. The van der Waals surface area contributed by atoms with Crippen molar-refractivity contribution in [1.82, 2.24) is 9.88 Å². The van der Waals surface area contributed by atoms with Gasteiger partial charge in [-0.2, -0.15) is 0 Å². The predicted molar refractivity (Wildman–Crippen MR) is 58.3 cm³/mol. The number of aryl methyl sites for hydroxylation is 1.